The molecule has 0 saturated carbocycles. The van der Waals surface area contributed by atoms with E-state index in [0.29, 0.717) is 11.3 Å². The van der Waals surface area contributed by atoms with Crippen LogP contribution in [0.25, 0.3) is 0 Å². The van der Waals surface area contributed by atoms with E-state index in [-0.39, 0.29) is 18.7 Å². The van der Waals surface area contributed by atoms with Crippen LogP contribution in [0, 0.1) is 0 Å². The van der Waals surface area contributed by atoms with Gasteiger partial charge in [-0.15, -0.1) is 13.2 Å². The molecule has 12 heteroatoms. The lowest BCUT2D eigenvalue weighted by Gasteiger charge is -2.17. The van der Waals surface area contributed by atoms with E-state index in [1.54, 1.807) is 30.3 Å². The molecular formula is C20H22F3N3O5S. The first-order valence-electron chi connectivity index (χ1n) is 9.36. The van der Waals surface area contributed by atoms with E-state index >= 15 is 0 Å². The third kappa shape index (κ3) is 9.25. The molecule has 2 aromatic rings. The number of nitrogens with two attached hydrogens (primary N) is 1. The summed E-state index contributed by atoms with van der Waals surface area (Å²) < 4.78 is 64.7. The monoisotopic (exact) mass is 473 g/mol. The number of benzene rings is 2. The molecule has 2 rings (SSSR count). The zero-order chi connectivity index (χ0) is 23.8. The minimum atomic E-state index is -4.81. The lowest BCUT2D eigenvalue weighted by Crippen LogP contribution is -2.48. The smallest absolute Gasteiger partial charge is 0.406 e. The molecular weight excluding hydrogens is 451 g/mol. The Hall–Kier alpha value is -3.28. The number of carbonyl (C=O) groups excluding carboxylic acids is 2. The van der Waals surface area contributed by atoms with Gasteiger partial charge in [0.15, 0.2) is 9.84 Å². The van der Waals surface area contributed by atoms with Crippen molar-refractivity contribution in [3.05, 3.63) is 60.2 Å². The number of alkyl halides is 3. The number of halogens is 3. The van der Waals surface area contributed by atoms with E-state index in [1.165, 1.54) is 12.1 Å². The molecule has 0 radical (unpaired) electrons. The number of nitrogens with one attached hydrogen (secondary N) is 2. The first-order chi connectivity index (χ1) is 14.9. The molecule has 32 heavy (non-hydrogen) atoms. The summed E-state index contributed by atoms with van der Waals surface area (Å²) in [6, 6.07) is 12.1. The molecule has 0 aliphatic heterocycles. The fourth-order valence-corrected chi connectivity index (χ4v) is 3.97. The molecule has 0 spiro atoms. The van der Waals surface area contributed by atoms with Crippen molar-refractivity contribution in [2.24, 2.45) is 5.73 Å². The highest BCUT2D eigenvalue weighted by Gasteiger charge is 2.31. The average molecular weight is 473 g/mol. The average Bonchev–Trinajstić information content (AvgIpc) is 2.70. The maximum atomic E-state index is 12.2. The summed E-state index contributed by atoms with van der Waals surface area (Å²) in [6.45, 7) is -0.155. The van der Waals surface area contributed by atoms with Crippen molar-refractivity contribution in [1.82, 2.24) is 5.32 Å². The Balaban J connectivity index is 1.84. The Bertz CT molecular complexity index is 1010. The van der Waals surface area contributed by atoms with Crippen LogP contribution in [0.1, 0.15) is 12.0 Å². The molecule has 174 valence electrons. The standard InChI is InChI=1S/C20H22F3N3O5S/c21-20(22,23)31-16-8-6-15(7-9-16)25-12-17(19(24)28)26-18(27)10-11-32(29,30)13-14-4-2-1-3-5-14/h1-9,17,25H,10-13H2,(H2,24,28)(H,26,27)/t17-/m1/s1. The molecule has 4 N–H and O–H groups in total. The van der Waals surface area contributed by atoms with Gasteiger partial charge >= 0.3 is 6.36 Å². The molecule has 0 bridgehead atoms. The normalized spacial score (nSPS) is 12.6. The minimum absolute atomic E-state index is 0.155. The van der Waals surface area contributed by atoms with Crippen LogP contribution in [0.3, 0.4) is 0 Å². The van der Waals surface area contributed by atoms with Gasteiger partial charge in [-0.1, -0.05) is 30.3 Å². The van der Waals surface area contributed by atoms with Gasteiger partial charge in [0, 0.05) is 18.7 Å². The Morgan fingerprint density at radius 3 is 2.22 bits per heavy atom. The van der Waals surface area contributed by atoms with Gasteiger partial charge in [0.25, 0.3) is 0 Å². The predicted octanol–water partition coefficient (Wildman–Crippen LogP) is 1.97. The van der Waals surface area contributed by atoms with Crippen LogP contribution < -0.4 is 21.1 Å². The number of rotatable bonds is 11. The van der Waals surface area contributed by atoms with Crippen LogP contribution in [-0.2, 0) is 25.2 Å². The number of amides is 2. The Labute approximate surface area is 182 Å². The fourth-order valence-electron chi connectivity index (χ4n) is 2.63. The van der Waals surface area contributed by atoms with Gasteiger partial charge in [-0.05, 0) is 29.8 Å². The largest absolute Gasteiger partial charge is 0.573 e. The molecule has 0 aliphatic carbocycles. The first kappa shape index (κ1) is 25.0. The molecule has 8 nitrogen and oxygen atoms in total. The molecule has 2 amide bonds. The highest BCUT2D eigenvalue weighted by Crippen LogP contribution is 2.23. The first-order valence-corrected chi connectivity index (χ1v) is 11.2. The number of primary amides is 1. The van der Waals surface area contributed by atoms with Gasteiger partial charge in [0.2, 0.25) is 11.8 Å². The molecule has 0 saturated heterocycles. The Morgan fingerprint density at radius 1 is 1.03 bits per heavy atom. The van der Waals surface area contributed by atoms with Crippen molar-refractivity contribution in [3.63, 3.8) is 0 Å². The molecule has 0 fully saturated rings. The van der Waals surface area contributed by atoms with Crippen molar-refractivity contribution in [2.45, 2.75) is 24.6 Å². The van der Waals surface area contributed by atoms with Crippen LogP contribution in [0.15, 0.2) is 54.6 Å². The van der Waals surface area contributed by atoms with E-state index in [2.05, 4.69) is 15.4 Å². The third-order valence-electron chi connectivity index (χ3n) is 4.15. The molecule has 0 unspecified atom stereocenters. The summed E-state index contributed by atoms with van der Waals surface area (Å²) in [7, 11) is -3.54. The summed E-state index contributed by atoms with van der Waals surface area (Å²) >= 11 is 0. The third-order valence-corrected chi connectivity index (χ3v) is 5.75. The number of sulfone groups is 1. The van der Waals surface area contributed by atoms with Crippen LogP contribution >= 0.6 is 0 Å². The SMILES string of the molecule is NC(=O)[C@@H](CNc1ccc(OC(F)(F)F)cc1)NC(=O)CCS(=O)(=O)Cc1ccccc1. The summed E-state index contributed by atoms with van der Waals surface area (Å²) in [6.07, 6.45) is -5.17. The van der Waals surface area contributed by atoms with Crippen LogP contribution in [0.2, 0.25) is 0 Å². The summed E-state index contributed by atoms with van der Waals surface area (Å²) in [4.78, 5) is 23.7. The topological polar surface area (TPSA) is 128 Å². The second-order valence-electron chi connectivity index (χ2n) is 6.80. The highest BCUT2D eigenvalue weighted by atomic mass is 32.2. The van der Waals surface area contributed by atoms with Crippen molar-refractivity contribution < 1.29 is 35.9 Å². The van der Waals surface area contributed by atoms with E-state index in [4.69, 9.17) is 5.73 Å². The Morgan fingerprint density at radius 2 is 1.66 bits per heavy atom. The van der Waals surface area contributed by atoms with Crippen molar-refractivity contribution in [3.8, 4) is 5.75 Å². The highest BCUT2D eigenvalue weighted by molar-refractivity contribution is 7.90. The van der Waals surface area contributed by atoms with E-state index in [0.717, 1.165) is 12.1 Å². The molecule has 1 atom stereocenters. The van der Waals surface area contributed by atoms with E-state index in [1.807, 2.05) is 0 Å². The second-order valence-corrected chi connectivity index (χ2v) is 8.99. The number of hydrogen-bond acceptors (Lipinski definition) is 6. The maximum absolute atomic E-state index is 12.2. The van der Waals surface area contributed by atoms with Crippen LogP contribution in [0.5, 0.6) is 5.75 Å². The predicted molar refractivity (Wildman–Crippen MR) is 111 cm³/mol. The number of anilines is 1. The number of carbonyl (C=O) groups is 2. The van der Waals surface area contributed by atoms with Gasteiger partial charge in [-0.25, -0.2) is 8.42 Å². The number of ether oxygens (including phenoxy) is 1. The lowest BCUT2D eigenvalue weighted by molar-refractivity contribution is -0.274. The zero-order valence-electron chi connectivity index (χ0n) is 16.8. The fraction of sp³-hybridized carbons (Fsp3) is 0.300. The molecule has 2 aromatic carbocycles. The van der Waals surface area contributed by atoms with E-state index < -0.39 is 45.6 Å². The molecule has 0 heterocycles. The zero-order valence-corrected chi connectivity index (χ0v) is 17.6. The quantitative estimate of drug-likeness (QED) is 0.458. The van der Waals surface area contributed by atoms with Gasteiger partial charge in [-0.2, -0.15) is 0 Å². The summed E-state index contributed by atoms with van der Waals surface area (Å²) in [5.41, 5.74) is 6.22. The summed E-state index contributed by atoms with van der Waals surface area (Å²) in [5.74, 6) is -2.58. The van der Waals surface area contributed by atoms with Crippen LogP contribution in [0.4, 0.5) is 18.9 Å². The van der Waals surface area contributed by atoms with Gasteiger partial charge in [0.05, 0.1) is 11.5 Å². The van der Waals surface area contributed by atoms with Gasteiger partial charge in [-0.3, -0.25) is 9.59 Å². The van der Waals surface area contributed by atoms with E-state index in [9.17, 15) is 31.2 Å². The maximum Gasteiger partial charge on any atom is 0.573 e. The van der Waals surface area contributed by atoms with Gasteiger partial charge < -0.3 is 21.1 Å². The number of hydrogen-bond donors (Lipinski definition) is 3. The van der Waals surface area contributed by atoms with Crippen molar-refractivity contribution in [2.75, 3.05) is 17.6 Å². The molecule has 0 aromatic heterocycles. The van der Waals surface area contributed by atoms with Crippen molar-refractivity contribution >= 4 is 27.3 Å². The second kappa shape index (κ2) is 10.8. The van der Waals surface area contributed by atoms with Gasteiger partial charge in [0.1, 0.15) is 11.8 Å². The summed E-state index contributed by atoms with van der Waals surface area (Å²) in [5, 5.41) is 5.11. The minimum Gasteiger partial charge on any atom is -0.406 e. The molecule has 0 aliphatic rings. The van der Waals surface area contributed by atoms with Crippen molar-refractivity contribution in [1.29, 1.82) is 0 Å². The van der Waals surface area contributed by atoms with Crippen LogP contribution in [-0.4, -0.2) is 44.9 Å². The Kier molecular flexibility index (Phi) is 8.47. The lowest BCUT2D eigenvalue weighted by atomic mass is 10.2.